The molecule has 1 aliphatic rings. The van der Waals surface area contributed by atoms with Crippen molar-refractivity contribution in [3.63, 3.8) is 0 Å². The first kappa shape index (κ1) is 20.9. The minimum atomic E-state index is -0.300. The molecule has 0 aromatic heterocycles. The number of nitrogens with one attached hydrogen (secondary N) is 2. The van der Waals surface area contributed by atoms with E-state index in [9.17, 15) is 9.59 Å². The van der Waals surface area contributed by atoms with Crippen LogP contribution in [-0.2, 0) is 0 Å². The van der Waals surface area contributed by atoms with Gasteiger partial charge in [0.15, 0.2) is 0 Å². The van der Waals surface area contributed by atoms with Crippen molar-refractivity contribution in [1.82, 2.24) is 5.32 Å². The molecule has 2 aromatic rings. The molecule has 0 saturated carbocycles. The van der Waals surface area contributed by atoms with E-state index in [2.05, 4.69) is 34.6 Å². The molecule has 1 fully saturated rings. The second-order valence-corrected chi connectivity index (χ2v) is 8.95. The number of benzene rings is 2. The van der Waals surface area contributed by atoms with Crippen LogP contribution in [0, 0.1) is 5.92 Å². The standard InChI is InChI=1S/C24H31N3O2/c1-17-13-15-27(16-14-17)21-11-9-20(10-12-21)25-22(28)18-5-7-19(8-6-18)23(29)26-24(2,3)4/h5-12,17H,13-16H2,1-4H3,(H,25,28)(H,26,29). The van der Waals surface area contributed by atoms with Crippen molar-refractivity contribution >= 4 is 23.2 Å². The highest BCUT2D eigenvalue weighted by molar-refractivity contribution is 6.05. The van der Waals surface area contributed by atoms with E-state index >= 15 is 0 Å². The lowest BCUT2D eigenvalue weighted by atomic mass is 9.99. The predicted molar refractivity (Wildman–Crippen MR) is 119 cm³/mol. The van der Waals surface area contributed by atoms with Gasteiger partial charge in [0, 0.05) is 41.1 Å². The third kappa shape index (κ3) is 5.83. The van der Waals surface area contributed by atoms with Crippen LogP contribution in [0.15, 0.2) is 48.5 Å². The van der Waals surface area contributed by atoms with E-state index in [1.165, 1.54) is 18.5 Å². The zero-order chi connectivity index (χ0) is 21.0. The Morgan fingerprint density at radius 1 is 0.862 bits per heavy atom. The molecule has 2 N–H and O–H groups in total. The summed E-state index contributed by atoms with van der Waals surface area (Å²) >= 11 is 0. The molecular weight excluding hydrogens is 362 g/mol. The minimum Gasteiger partial charge on any atom is -0.372 e. The molecule has 0 unspecified atom stereocenters. The molecule has 2 amide bonds. The van der Waals surface area contributed by atoms with Gasteiger partial charge in [-0.25, -0.2) is 0 Å². The Labute approximate surface area is 173 Å². The Hall–Kier alpha value is -2.82. The number of hydrogen-bond acceptors (Lipinski definition) is 3. The number of carbonyl (C=O) groups is 2. The summed E-state index contributed by atoms with van der Waals surface area (Å²) in [6, 6.07) is 14.7. The predicted octanol–water partition coefficient (Wildman–Crippen LogP) is 4.70. The number of piperidine rings is 1. The van der Waals surface area contributed by atoms with Crippen LogP contribution in [0.4, 0.5) is 11.4 Å². The van der Waals surface area contributed by atoms with Crippen molar-refractivity contribution in [3.8, 4) is 0 Å². The van der Waals surface area contributed by atoms with Crippen molar-refractivity contribution in [3.05, 3.63) is 59.7 Å². The summed E-state index contributed by atoms with van der Waals surface area (Å²) < 4.78 is 0. The summed E-state index contributed by atoms with van der Waals surface area (Å²) in [6.45, 7) is 10.3. The van der Waals surface area contributed by atoms with Gasteiger partial charge < -0.3 is 15.5 Å². The average Bonchev–Trinajstić information content (AvgIpc) is 2.68. The molecule has 5 nitrogen and oxygen atoms in total. The van der Waals surface area contributed by atoms with Crippen molar-refractivity contribution in [2.75, 3.05) is 23.3 Å². The quantitative estimate of drug-likeness (QED) is 0.791. The molecule has 0 spiro atoms. The monoisotopic (exact) mass is 393 g/mol. The molecule has 154 valence electrons. The zero-order valence-electron chi connectivity index (χ0n) is 17.8. The minimum absolute atomic E-state index is 0.146. The molecule has 29 heavy (non-hydrogen) atoms. The Bertz CT molecular complexity index is 843. The lowest BCUT2D eigenvalue weighted by Crippen LogP contribution is -2.40. The first-order valence-electron chi connectivity index (χ1n) is 10.3. The fourth-order valence-electron chi connectivity index (χ4n) is 3.41. The highest BCUT2D eigenvalue weighted by Gasteiger charge is 2.17. The van der Waals surface area contributed by atoms with E-state index in [-0.39, 0.29) is 17.4 Å². The summed E-state index contributed by atoms with van der Waals surface area (Å²) in [5.41, 5.74) is 2.72. The lowest BCUT2D eigenvalue weighted by molar-refractivity contribution is 0.0918. The van der Waals surface area contributed by atoms with E-state index in [1.54, 1.807) is 24.3 Å². The van der Waals surface area contributed by atoms with E-state index < -0.39 is 0 Å². The highest BCUT2D eigenvalue weighted by atomic mass is 16.2. The molecule has 0 bridgehead atoms. The second-order valence-electron chi connectivity index (χ2n) is 8.95. The molecule has 0 aliphatic carbocycles. The van der Waals surface area contributed by atoms with Crippen molar-refractivity contribution in [2.24, 2.45) is 5.92 Å². The molecular formula is C24H31N3O2. The zero-order valence-corrected chi connectivity index (χ0v) is 17.8. The highest BCUT2D eigenvalue weighted by Crippen LogP contribution is 2.24. The maximum absolute atomic E-state index is 12.5. The Balaban J connectivity index is 1.59. The van der Waals surface area contributed by atoms with E-state index in [0.717, 1.165) is 24.7 Å². The van der Waals surface area contributed by atoms with Gasteiger partial charge >= 0.3 is 0 Å². The molecule has 5 heteroatoms. The maximum Gasteiger partial charge on any atom is 0.255 e. The largest absolute Gasteiger partial charge is 0.372 e. The Kier molecular flexibility index (Phi) is 6.26. The van der Waals surface area contributed by atoms with Gasteiger partial charge in [0.25, 0.3) is 11.8 Å². The smallest absolute Gasteiger partial charge is 0.255 e. The van der Waals surface area contributed by atoms with Gasteiger partial charge in [-0.15, -0.1) is 0 Å². The SMILES string of the molecule is CC1CCN(c2ccc(NC(=O)c3ccc(C(=O)NC(C)(C)C)cc3)cc2)CC1. The number of anilines is 2. The number of carbonyl (C=O) groups excluding carboxylic acids is 2. The van der Waals surface area contributed by atoms with Crippen LogP contribution in [-0.4, -0.2) is 30.4 Å². The summed E-state index contributed by atoms with van der Waals surface area (Å²) in [5, 5.41) is 5.84. The van der Waals surface area contributed by atoms with E-state index in [1.807, 2.05) is 32.9 Å². The van der Waals surface area contributed by atoms with Gasteiger partial charge in [-0.05, 0) is 88.1 Å². The number of hydrogen-bond donors (Lipinski definition) is 2. The topological polar surface area (TPSA) is 61.4 Å². The first-order valence-corrected chi connectivity index (χ1v) is 10.3. The van der Waals surface area contributed by atoms with Crippen LogP contribution in [0.2, 0.25) is 0 Å². The molecule has 1 aliphatic heterocycles. The third-order valence-electron chi connectivity index (χ3n) is 5.17. The summed E-state index contributed by atoms with van der Waals surface area (Å²) in [6.07, 6.45) is 2.45. The van der Waals surface area contributed by atoms with Crippen molar-refractivity contribution < 1.29 is 9.59 Å². The fourth-order valence-corrected chi connectivity index (χ4v) is 3.41. The van der Waals surface area contributed by atoms with Gasteiger partial charge in [0.05, 0.1) is 0 Å². The van der Waals surface area contributed by atoms with Crippen LogP contribution < -0.4 is 15.5 Å². The van der Waals surface area contributed by atoms with Gasteiger partial charge in [-0.1, -0.05) is 6.92 Å². The fraction of sp³-hybridized carbons (Fsp3) is 0.417. The second kappa shape index (κ2) is 8.68. The molecule has 0 atom stereocenters. The molecule has 0 radical (unpaired) electrons. The van der Waals surface area contributed by atoms with Gasteiger partial charge in [-0.3, -0.25) is 9.59 Å². The van der Waals surface area contributed by atoms with Crippen LogP contribution in [0.5, 0.6) is 0 Å². The van der Waals surface area contributed by atoms with Crippen LogP contribution in [0.25, 0.3) is 0 Å². The summed E-state index contributed by atoms with van der Waals surface area (Å²) in [7, 11) is 0. The van der Waals surface area contributed by atoms with Gasteiger partial charge in [0.1, 0.15) is 0 Å². The Morgan fingerprint density at radius 2 is 1.38 bits per heavy atom. The van der Waals surface area contributed by atoms with Gasteiger partial charge in [-0.2, -0.15) is 0 Å². The summed E-state index contributed by atoms with van der Waals surface area (Å²) in [5.74, 6) is 0.468. The van der Waals surface area contributed by atoms with Crippen molar-refractivity contribution in [2.45, 2.75) is 46.1 Å². The normalized spacial score (nSPS) is 15.1. The molecule has 1 saturated heterocycles. The maximum atomic E-state index is 12.5. The van der Waals surface area contributed by atoms with Crippen LogP contribution in [0.1, 0.15) is 61.3 Å². The number of amides is 2. The molecule has 3 rings (SSSR count). The lowest BCUT2D eigenvalue weighted by Gasteiger charge is -2.32. The van der Waals surface area contributed by atoms with Crippen LogP contribution >= 0.6 is 0 Å². The average molecular weight is 394 g/mol. The van der Waals surface area contributed by atoms with E-state index in [0.29, 0.717) is 11.1 Å². The van der Waals surface area contributed by atoms with E-state index in [4.69, 9.17) is 0 Å². The molecule has 1 heterocycles. The number of rotatable bonds is 4. The third-order valence-corrected chi connectivity index (χ3v) is 5.17. The summed E-state index contributed by atoms with van der Waals surface area (Å²) in [4.78, 5) is 27.1. The van der Waals surface area contributed by atoms with Crippen molar-refractivity contribution in [1.29, 1.82) is 0 Å². The van der Waals surface area contributed by atoms with Gasteiger partial charge in [0.2, 0.25) is 0 Å². The Morgan fingerprint density at radius 3 is 1.90 bits per heavy atom. The molecule has 2 aromatic carbocycles. The first-order chi connectivity index (χ1) is 13.7. The van der Waals surface area contributed by atoms with Crippen LogP contribution in [0.3, 0.4) is 0 Å². The number of nitrogens with zero attached hydrogens (tertiary/aromatic N) is 1.